The minimum absolute atomic E-state index is 0.0114. The predicted octanol–water partition coefficient (Wildman–Crippen LogP) is 1.49. The van der Waals surface area contributed by atoms with Crippen LogP contribution in [0.4, 0.5) is 5.82 Å². The van der Waals surface area contributed by atoms with Gasteiger partial charge in [0.05, 0.1) is 11.2 Å². The molecule has 0 aromatic carbocycles. The lowest BCUT2D eigenvalue weighted by atomic mass is 10.1. The minimum atomic E-state index is -0.0114. The second-order valence-corrected chi connectivity index (χ2v) is 4.72. The van der Waals surface area contributed by atoms with Crippen LogP contribution >= 0.6 is 0 Å². The maximum absolute atomic E-state index is 5.78. The standard InChI is InChI=1S/C9H16N4/c1-9(2,3)13-7(6-4-5-6)8(10)11-12-13/h6H,4-5,10H2,1-3H3. The molecule has 0 atom stereocenters. The SMILES string of the molecule is CC(C)(C)n1nnc(N)c1C1CC1. The lowest BCUT2D eigenvalue weighted by molar-refractivity contribution is 0.335. The highest BCUT2D eigenvalue weighted by atomic mass is 15.5. The number of hydrogen-bond donors (Lipinski definition) is 1. The molecule has 1 aromatic heterocycles. The molecule has 1 saturated carbocycles. The number of hydrogen-bond acceptors (Lipinski definition) is 3. The first-order valence-electron chi connectivity index (χ1n) is 4.71. The zero-order valence-electron chi connectivity index (χ0n) is 8.41. The van der Waals surface area contributed by atoms with Crippen molar-refractivity contribution in [2.45, 2.75) is 45.1 Å². The van der Waals surface area contributed by atoms with E-state index in [1.165, 1.54) is 12.8 Å². The van der Waals surface area contributed by atoms with Crippen LogP contribution in [0, 0.1) is 0 Å². The molecule has 2 rings (SSSR count). The molecule has 72 valence electrons. The highest BCUT2D eigenvalue weighted by Gasteiger charge is 2.33. The Morgan fingerprint density at radius 1 is 1.38 bits per heavy atom. The Balaban J connectivity index is 2.45. The summed E-state index contributed by atoms with van der Waals surface area (Å²) < 4.78 is 1.96. The van der Waals surface area contributed by atoms with Gasteiger partial charge in [0.2, 0.25) is 0 Å². The molecule has 0 bridgehead atoms. The van der Waals surface area contributed by atoms with Gasteiger partial charge in [-0.2, -0.15) is 0 Å². The topological polar surface area (TPSA) is 56.7 Å². The van der Waals surface area contributed by atoms with Crippen molar-refractivity contribution in [3.8, 4) is 0 Å². The summed E-state index contributed by atoms with van der Waals surface area (Å²) in [5.74, 6) is 1.21. The molecule has 1 aliphatic rings. The zero-order chi connectivity index (χ0) is 9.64. The molecule has 0 amide bonds. The second-order valence-electron chi connectivity index (χ2n) is 4.72. The van der Waals surface area contributed by atoms with Crippen molar-refractivity contribution in [2.24, 2.45) is 0 Å². The van der Waals surface area contributed by atoms with E-state index in [2.05, 4.69) is 31.1 Å². The van der Waals surface area contributed by atoms with E-state index in [0.717, 1.165) is 5.69 Å². The predicted molar refractivity (Wildman–Crippen MR) is 51.4 cm³/mol. The quantitative estimate of drug-likeness (QED) is 0.712. The average Bonchev–Trinajstić information content (AvgIpc) is 2.73. The summed E-state index contributed by atoms with van der Waals surface area (Å²) >= 11 is 0. The van der Waals surface area contributed by atoms with Crippen LogP contribution in [0.3, 0.4) is 0 Å². The molecule has 13 heavy (non-hydrogen) atoms. The molecule has 0 unspecified atom stereocenters. The molecule has 4 heteroatoms. The van der Waals surface area contributed by atoms with Crippen LogP contribution in [-0.4, -0.2) is 15.0 Å². The van der Waals surface area contributed by atoms with Gasteiger partial charge in [0.1, 0.15) is 0 Å². The highest BCUT2D eigenvalue weighted by molar-refractivity contribution is 5.38. The van der Waals surface area contributed by atoms with Crippen molar-refractivity contribution in [3.05, 3.63) is 5.69 Å². The van der Waals surface area contributed by atoms with Gasteiger partial charge in [0.15, 0.2) is 5.82 Å². The van der Waals surface area contributed by atoms with E-state index in [1.807, 2.05) is 4.68 Å². The Hall–Kier alpha value is -1.06. The normalized spacial score (nSPS) is 17.8. The summed E-state index contributed by atoms with van der Waals surface area (Å²) in [6.45, 7) is 6.35. The first-order valence-corrected chi connectivity index (χ1v) is 4.71. The third-order valence-electron chi connectivity index (χ3n) is 2.33. The summed E-state index contributed by atoms with van der Waals surface area (Å²) in [6, 6.07) is 0. The van der Waals surface area contributed by atoms with Crippen LogP contribution in [0.1, 0.15) is 45.2 Å². The van der Waals surface area contributed by atoms with Gasteiger partial charge in [-0.05, 0) is 33.6 Å². The fourth-order valence-electron chi connectivity index (χ4n) is 1.54. The van der Waals surface area contributed by atoms with E-state index in [-0.39, 0.29) is 5.54 Å². The largest absolute Gasteiger partial charge is 0.381 e. The highest BCUT2D eigenvalue weighted by Crippen LogP contribution is 2.43. The van der Waals surface area contributed by atoms with E-state index in [4.69, 9.17) is 5.73 Å². The monoisotopic (exact) mass is 180 g/mol. The molecule has 0 spiro atoms. The van der Waals surface area contributed by atoms with Crippen LogP contribution in [0.15, 0.2) is 0 Å². The fourth-order valence-corrected chi connectivity index (χ4v) is 1.54. The first kappa shape index (κ1) is 8.53. The molecule has 0 radical (unpaired) electrons. The van der Waals surface area contributed by atoms with E-state index in [0.29, 0.717) is 11.7 Å². The Labute approximate surface area is 78.1 Å². The summed E-state index contributed by atoms with van der Waals surface area (Å²) in [7, 11) is 0. The van der Waals surface area contributed by atoms with E-state index in [1.54, 1.807) is 0 Å². The van der Waals surface area contributed by atoms with Crippen LogP contribution in [-0.2, 0) is 5.54 Å². The van der Waals surface area contributed by atoms with E-state index in [9.17, 15) is 0 Å². The Morgan fingerprint density at radius 2 is 2.00 bits per heavy atom. The molecule has 1 aromatic rings. The summed E-state index contributed by atoms with van der Waals surface area (Å²) in [5.41, 5.74) is 6.91. The van der Waals surface area contributed by atoms with Crippen molar-refractivity contribution in [2.75, 3.05) is 5.73 Å². The number of rotatable bonds is 1. The van der Waals surface area contributed by atoms with Gasteiger partial charge in [0.25, 0.3) is 0 Å². The van der Waals surface area contributed by atoms with Crippen molar-refractivity contribution in [3.63, 3.8) is 0 Å². The molecule has 1 heterocycles. The van der Waals surface area contributed by atoms with Crippen LogP contribution in [0.2, 0.25) is 0 Å². The Kier molecular flexibility index (Phi) is 1.62. The van der Waals surface area contributed by atoms with Crippen LogP contribution in [0.5, 0.6) is 0 Å². The smallest absolute Gasteiger partial charge is 0.169 e. The van der Waals surface area contributed by atoms with Crippen molar-refractivity contribution in [1.29, 1.82) is 0 Å². The minimum Gasteiger partial charge on any atom is -0.381 e. The Bertz CT molecular complexity index is 317. The van der Waals surface area contributed by atoms with Crippen molar-refractivity contribution < 1.29 is 0 Å². The van der Waals surface area contributed by atoms with Gasteiger partial charge >= 0.3 is 0 Å². The Morgan fingerprint density at radius 3 is 2.46 bits per heavy atom. The molecular formula is C9H16N4. The van der Waals surface area contributed by atoms with E-state index < -0.39 is 0 Å². The molecule has 2 N–H and O–H groups in total. The number of nitrogens with two attached hydrogens (primary N) is 1. The fraction of sp³-hybridized carbons (Fsp3) is 0.778. The molecule has 0 saturated heterocycles. The van der Waals surface area contributed by atoms with Gasteiger partial charge in [-0.3, -0.25) is 0 Å². The van der Waals surface area contributed by atoms with Gasteiger partial charge in [-0.25, -0.2) is 4.68 Å². The van der Waals surface area contributed by atoms with Crippen LogP contribution in [0.25, 0.3) is 0 Å². The molecule has 1 aliphatic carbocycles. The lowest BCUT2D eigenvalue weighted by Crippen LogP contribution is -2.25. The van der Waals surface area contributed by atoms with Crippen molar-refractivity contribution in [1.82, 2.24) is 15.0 Å². The number of nitrogen functional groups attached to an aromatic ring is 1. The number of anilines is 1. The maximum atomic E-state index is 5.78. The summed E-state index contributed by atoms with van der Waals surface area (Å²) in [4.78, 5) is 0. The molecule has 0 aliphatic heterocycles. The first-order chi connectivity index (χ1) is 6.00. The van der Waals surface area contributed by atoms with Crippen molar-refractivity contribution >= 4 is 5.82 Å². The summed E-state index contributed by atoms with van der Waals surface area (Å²) in [6.07, 6.45) is 2.46. The molecular weight excluding hydrogens is 164 g/mol. The lowest BCUT2D eigenvalue weighted by Gasteiger charge is -2.21. The average molecular weight is 180 g/mol. The summed E-state index contributed by atoms with van der Waals surface area (Å²) in [5, 5.41) is 8.02. The number of nitrogens with zero attached hydrogens (tertiary/aromatic N) is 3. The van der Waals surface area contributed by atoms with Gasteiger partial charge in [-0.1, -0.05) is 5.21 Å². The molecule has 1 fully saturated rings. The zero-order valence-corrected chi connectivity index (χ0v) is 8.41. The van der Waals surface area contributed by atoms with Gasteiger partial charge in [-0.15, -0.1) is 5.10 Å². The second kappa shape index (κ2) is 2.47. The third kappa shape index (κ3) is 1.41. The van der Waals surface area contributed by atoms with Gasteiger partial charge < -0.3 is 5.73 Å². The van der Waals surface area contributed by atoms with E-state index >= 15 is 0 Å². The van der Waals surface area contributed by atoms with Gasteiger partial charge in [0, 0.05) is 5.92 Å². The number of aromatic nitrogens is 3. The van der Waals surface area contributed by atoms with Crippen LogP contribution < -0.4 is 5.73 Å². The maximum Gasteiger partial charge on any atom is 0.169 e. The molecule has 4 nitrogen and oxygen atoms in total. The third-order valence-corrected chi connectivity index (χ3v) is 2.33.